The third-order valence-electron chi connectivity index (χ3n) is 2.63. The van der Waals surface area contributed by atoms with Crippen LogP contribution in [0.15, 0.2) is 28.2 Å². The van der Waals surface area contributed by atoms with Crippen molar-refractivity contribution in [3.05, 3.63) is 29.5 Å². The van der Waals surface area contributed by atoms with E-state index in [1.807, 2.05) is 0 Å². The van der Waals surface area contributed by atoms with Crippen LogP contribution in [0, 0.1) is 0 Å². The molecule has 0 atom stereocenters. The molecule has 0 unspecified atom stereocenters. The van der Waals surface area contributed by atoms with Gasteiger partial charge in [0, 0.05) is 30.6 Å². The van der Waals surface area contributed by atoms with E-state index in [0.717, 1.165) is 10.1 Å². The second-order valence-electron chi connectivity index (χ2n) is 4.28. The normalized spacial score (nSPS) is 10.7. The van der Waals surface area contributed by atoms with E-state index in [9.17, 15) is 4.79 Å². The van der Waals surface area contributed by atoms with Gasteiger partial charge in [0.25, 0.3) is 5.91 Å². The Bertz CT molecular complexity index is 807. The van der Waals surface area contributed by atoms with E-state index in [1.165, 1.54) is 34.4 Å². The Balaban J connectivity index is 1.62. The van der Waals surface area contributed by atoms with Gasteiger partial charge in [-0.25, -0.2) is 15.0 Å². The molecule has 0 aliphatic heterocycles. The van der Waals surface area contributed by atoms with E-state index in [4.69, 9.17) is 4.74 Å². The lowest BCUT2D eigenvalue weighted by Gasteiger charge is -1.96. The average molecular weight is 380 g/mol. The maximum atomic E-state index is 12.2. The number of amides is 1. The summed E-state index contributed by atoms with van der Waals surface area (Å²) in [5.74, 6) is 0.943. The number of rotatable bonds is 7. The first-order valence-corrected chi connectivity index (χ1v) is 9.44. The highest BCUT2D eigenvalue weighted by Crippen LogP contribution is 2.26. The molecule has 0 radical (unpaired) electrons. The SMILES string of the molecule is COCCSc1nnc(NC(=O)c2csc(-c3ncccn3)n2)s1. The largest absolute Gasteiger partial charge is 0.384 e. The molecule has 8 nitrogen and oxygen atoms in total. The Morgan fingerprint density at radius 1 is 1.33 bits per heavy atom. The summed E-state index contributed by atoms with van der Waals surface area (Å²) in [5.41, 5.74) is 0.297. The topological polar surface area (TPSA) is 103 Å². The Hall–Kier alpha value is -1.95. The molecule has 3 rings (SSSR count). The third kappa shape index (κ3) is 4.32. The van der Waals surface area contributed by atoms with Crippen LogP contribution in [0.3, 0.4) is 0 Å². The van der Waals surface area contributed by atoms with Gasteiger partial charge in [-0.2, -0.15) is 0 Å². The van der Waals surface area contributed by atoms with Gasteiger partial charge in [0.1, 0.15) is 5.69 Å². The molecule has 1 amide bonds. The smallest absolute Gasteiger partial charge is 0.276 e. The monoisotopic (exact) mass is 380 g/mol. The quantitative estimate of drug-likeness (QED) is 0.379. The summed E-state index contributed by atoms with van der Waals surface area (Å²) < 4.78 is 5.76. The van der Waals surface area contributed by atoms with Gasteiger partial charge >= 0.3 is 0 Å². The number of hydrogen-bond acceptors (Lipinski definition) is 10. The number of carbonyl (C=O) groups is 1. The van der Waals surface area contributed by atoms with E-state index >= 15 is 0 Å². The molecule has 1 N–H and O–H groups in total. The molecule has 0 aliphatic rings. The Labute approximate surface area is 149 Å². The van der Waals surface area contributed by atoms with E-state index in [0.29, 0.717) is 28.3 Å². The number of nitrogens with zero attached hydrogens (tertiary/aromatic N) is 5. The van der Waals surface area contributed by atoms with Crippen LogP contribution >= 0.6 is 34.4 Å². The third-order valence-corrected chi connectivity index (χ3v) is 5.41. The number of anilines is 1. The number of methoxy groups -OCH3 is 1. The zero-order chi connectivity index (χ0) is 16.8. The van der Waals surface area contributed by atoms with Gasteiger partial charge in [0.2, 0.25) is 5.13 Å². The molecule has 0 fully saturated rings. The lowest BCUT2D eigenvalue weighted by Crippen LogP contribution is -2.12. The average Bonchev–Trinajstić information content (AvgIpc) is 3.26. The molecule has 3 aromatic rings. The van der Waals surface area contributed by atoms with E-state index in [1.54, 1.807) is 30.9 Å². The van der Waals surface area contributed by atoms with Crippen molar-refractivity contribution in [2.24, 2.45) is 0 Å². The zero-order valence-electron chi connectivity index (χ0n) is 12.5. The highest BCUT2D eigenvalue weighted by Gasteiger charge is 2.15. The van der Waals surface area contributed by atoms with Gasteiger partial charge < -0.3 is 4.74 Å². The number of carbonyl (C=O) groups excluding carboxylic acids is 1. The van der Waals surface area contributed by atoms with Crippen molar-refractivity contribution in [2.45, 2.75) is 4.34 Å². The first-order chi connectivity index (χ1) is 11.8. The number of thiazole rings is 1. The number of hydrogen-bond donors (Lipinski definition) is 1. The van der Waals surface area contributed by atoms with Gasteiger partial charge in [-0.3, -0.25) is 10.1 Å². The van der Waals surface area contributed by atoms with Gasteiger partial charge in [-0.15, -0.1) is 21.5 Å². The number of aromatic nitrogens is 5. The fourth-order valence-electron chi connectivity index (χ4n) is 1.58. The maximum absolute atomic E-state index is 12.2. The molecule has 0 aromatic carbocycles. The minimum Gasteiger partial charge on any atom is -0.384 e. The van der Waals surface area contributed by atoms with Crippen LogP contribution in [0.5, 0.6) is 0 Å². The fraction of sp³-hybridized carbons (Fsp3) is 0.231. The molecule has 0 aliphatic carbocycles. The molecule has 0 saturated heterocycles. The summed E-state index contributed by atoms with van der Waals surface area (Å²) in [6, 6.07) is 1.72. The molecule has 11 heteroatoms. The van der Waals surface area contributed by atoms with Crippen LogP contribution in [0.1, 0.15) is 10.5 Å². The second-order valence-corrected chi connectivity index (χ2v) is 7.46. The Kier molecular flexibility index (Phi) is 5.80. The molecule has 24 heavy (non-hydrogen) atoms. The number of thioether (sulfide) groups is 1. The van der Waals surface area contributed by atoms with Gasteiger partial charge in [0.05, 0.1) is 6.61 Å². The molecule has 124 valence electrons. The standard InChI is InChI=1S/C13H12N6O2S3/c1-21-5-6-22-13-19-18-12(24-13)17-10(20)8-7-23-11(16-8)9-14-3-2-4-15-9/h2-4,7H,5-6H2,1H3,(H,17,18,20). The van der Waals surface area contributed by atoms with Crippen LogP contribution in [0.2, 0.25) is 0 Å². The highest BCUT2D eigenvalue weighted by molar-refractivity contribution is 8.01. The molecular weight excluding hydrogens is 368 g/mol. The highest BCUT2D eigenvalue weighted by atomic mass is 32.2. The minimum atomic E-state index is -0.335. The van der Waals surface area contributed by atoms with Gasteiger partial charge in [0.15, 0.2) is 15.2 Å². The second kappa shape index (κ2) is 8.24. The van der Waals surface area contributed by atoms with Crippen molar-refractivity contribution >= 4 is 45.5 Å². The van der Waals surface area contributed by atoms with Crippen LogP contribution < -0.4 is 5.32 Å². The van der Waals surface area contributed by atoms with Crippen LogP contribution in [0.4, 0.5) is 5.13 Å². The Morgan fingerprint density at radius 3 is 2.96 bits per heavy atom. The first-order valence-electron chi connectivity index (χ1n) is 6.76. The van der Waals surface area contributed by atoms with Crippen molar-refractivity contribution in [3.63, 3.8) is 0 Å². The Morgan fingerprint density at radius 2 is 2.17 bits per heavy atom. The summed E-state index contributed by atoms with van der Waals surface area (Å²) in [4.78, 5) is 24.7. The molecule has 0 spiro atoms. The van der Waals surface area contributed by atoms with E-state index in [2.05, 4.69) is 30.5 Å². The predicted octanol–water partition coefficient (Wildman–Crippen LogP) is 2.44. The summed E-state index contributed by atoms with van der Waals surface area (Å²) in [6.07, 6.45) is 3.26. The molecule has 3 heterocycles. The predicted molar refractivity (Wildman–Crippen MR) is 93.6 cm³/mol. The van der Waals surface area contributed by atoms with E-state index < -0.39 is 0 Å². The lowest BCUT2D eigenvalue weighted by molar-refractivity contribution is 0.102. The summed E-state index contributed by atoms with van der Waals surface area (Å²) in [7, 11) is 1.65. The fourth-order valence-corrected chi connectivity index (χ4v) is 4.05. The van der Waals surface area contributed by atoms with E-state index in [-0.39, 0.29) is 5.91 Å². The number of ether oxygens (including phenoxy) is 1. The van der Waals surface area contributed by atoms with Gasteiger partial charge in [-0.1, -0.05) is 23.1 Å². The minimum absolute atomic E-state index is 0.297. The first kappa shape index (κ1) is 16.9. The van der Waals surface area contributed by atoms with Crippen LogP contribution in [0.25, 0.3) is 10.8 Å². The van der Waals surface area contributed by atoms with Crippen molar-refractivity contribution in [2.75, 3.05) is 24.8 Å². The molecular formula is C13H12N6O2S3. The summed E-state index contributed by atoms with van der Waals surface area (Å²) >= 11 is 4.16. The number of nitrogens with one attached hydrogen (secondary N) is 1. The summed E-state index contributed by atoms with van der Waals surface area (Å²) in [5, 5.41) is 13.4. The summed E-state index contributed by atoms with van der Waals surface area (Å²) in [6.45, 7) is 0.634. The molecule has 3 aromatic heterocycles. The lowest BCUT2D eigenvalue weighted by atomic mass is 10.4. The molecule has 0 saturated carbocycles. The van der Waals surface area contributed by atoms with Gasteiger partial charge in [-0.05, 0) is 6.07 Å². The zero-order valence-corrected chi connectivity index (χ0v) is 15.0. The van der Waals surface area contributed by atoms with Crippen LogP contribution in [-0.2, 0) is 4.74 Å². The van der Waals surface area contributed by atoms with Crippen molar-refractivity contribution < 1.29 is 9.53 Å². The maximum Gasteiger partial charge on any atom is 0.276 e. The van der Waals surface area contributed by atoms with Crippen molar-refractivity contribution in [1.82, 2.24) is 25.1 Å². The van der Waals surface area contributed by atoms with Crippen molar-refractivity contribution in [1.29, 1.82) is 0 Å². The van der Waals surface area contributed by atoms with Crippen molar-refractivity contribution in [3.8, 4) is 10.8 Å². The van der Waals surface area contributed by atoms with Crippen LogP contribution in [-0.4, -0.2) is 50.5 Å². The molecule has 0 bridgehead atoms.